The average Bonchev–Trinajstić information content (AvgIpc) is 2.63. The smallest absolute Gasteiger partial charge is 0.313 e. The van der Waals surface area contributed by atoms with E-state index in [1.165, 1.54) is 5.56 Å². The van der Waals surface area contributed by atoms with Crippen LogP contribution in [0.15, 0.2) is 30.3 Å². The molecule has 3 nitrogen and oxygen atoms in total. The third kappa shape index (κ3) is 3.16. The van der Waals surface area contributed by atoms with Crippen molar-refractivity contribution in [3.63, 3.8) is 0 Å². The summed E-state index contributed by atoms with van der Waals surface area (Å²) in [4.78, 5) is 14.7. The van der Waals surface area contributed by atoms with Crippen LogP contribution in [0.1, 0.15) is 49.9 Å². The zero-order chi connectivity index (χ0) is 19.1. The SMILES string of the molecule is CCCN1CCc2cc(F)cc3c2[C@H]1Cc1cccc(OC(=O)C(C)C)c1-3. The van der Waals surface area contributed by atoms with Gasteiger partial charge in [0, 0.05) is 18.2 Å². The Bertz CT molecular complexity index is 890. The zero-order valence-corrected chi connectivity index (χ0v) is 16.2. The fourth-order valence-corrected chi connectivity index (χ4v) is 4.44. The standard InChI is InChI=1S/C23H26FNO2/c1-4-9-25-10-8-16-11-17(24)13-18-21(16)19(25)12-15-6-5-7-20(22(15)18)27-23(26)14(2)3/h5-7,11,13-14,19H,4,8-10,12H2,1-3H3/t19-/m1/s1. The summed E-state index contributed by atoms with van der Waals surface area (Å²) in [5, 5.41) is 0. The topological polar surface area (TPSA) is 29.5 Å². The van der Waals surface area contributed by atoms with Crippen molar-refractivity contribution in [3.05, 3.63) is 52.8 Å². The molecule has 2 aromatic carbocycles. The molecule has 2 aliphatic rings. The first-order chi connectivity index (χ1) is 13.0. The molecule has 0 spiro atoms. The molecule has 1 aliphatic heterocycles. The molecule has 27 heavy (non-hydrogen) atoms. The lowest BCUT2D eigenvalue weighted by Crippen LogP contribution is -2.39. The quantitative estimate of drug-likeness (QED) is 0.567. The van der Waals surface area contributed by atoms with Crippen molar-refractivity contribution in [2.24, 2.45) is 5.92 Å². The van der Waals surface area contributed by atoms with E-state index in [0.29, 0.717) is 5.75 Å². The summed E-state index contributed by atoms with van der Waals surface area (Å²) in [6.07, 6.45) is 2.83. The second kappa shape index (κ2) is 7.08. The third-order valence-corrected chi connectivity index (χ3v) is 5.66. The maximum Gasteiger partial charge on any atom is 0.313 e. The maximum atomic E-state index is 14.4. The van der Waals surface area contributed by atoms with Gasteiger partial charge in [0.25, 0.3) is 0 Å². The highest BCUT2D eigenvalue weighted by molar-refractivity contribution is 5.84. The predicted octanol–water partition coefficient (Wildman–Crippen LogP) is 4.92. The highest BCUT2D eigenvalue weighted by Crippen LogP contribution is 2.48. The van der Waals surface area contributed by atoms with Crippen molar-refractivity contribution in [3.8, 4) is 16.9 Å². The van der Waals surface area contributed by atoms with E-state index in [1.54, 1.807) is 12.1 Å². The molecule has 0 amide bonds. The van der Waals surface area contributed by atoms with Crippen LogP contribution in [-0.4, -0.2) is 24.0 Å². The summed E-state index contributed by atoms with van der Waals surface area (Å²) < 4.78 is 20.1. The molecule has 4 heteroatoms. The molecule has 0 N–H and O–H groups in total. The molecule has 2 aromatic rings. The molecule has 0 unspecified atom stereocenters. The Balaban J connectivity index is 1.87. The Hall–Kier alpha value is -2.20. The van der Waals surface area contributed by atoms with Crippen LogP contribution in [0.2, 0.25) is 0 Å². The number of rotatable bonds is 4. The minimum absolute atomic E-state index is 0.210. The van der Waals surface area contributed by atoms with Crippen LogP contribution in [0.25, 0.3) is 11.1 Å². The molecule has 0 bridgehead atoms. The summed E-state index contributed by atoms with van der Waals surface area (Å²) in [6.45, 7) is 7.84. The Morgan fingerprint density at radius 1 is 1.30 bits per heavy atom. The number of benzene rings is 2. The number of hydrogen-bond donors (Lipinski definition) is 0. The van der Waals surface area contributed by atoms with Crippen LogP contribution < -0.4 is 4.74 Å². The second-order valence-electron chi connectivity index (χ2n) is 7.90. The Morgan fingerprint density at radius 3 is 2.85 bits per heavy atom. The lowest BCUT2D eigenvalue weighted by atomic mass is 9.76. The monoisotopic (exact) mass is 367 g/mol. The van der Waals surface area contributed by atoms with E-state index in [1.807, 2.05) is 26.0 Å². The number of fused-ring (bicyclic) bond motifs is 2. The van der Waals surface area contributed by atoms with E-state index >= 15 is 0 Å². The summed E-state index contributed by atoms with van der Waals surface area (Å²) in [6, 6.07) is 9.40. The Labute approximate surface area is 160 Å². The van der Waals surface area contributed by atoms with Crippen molar-refractivity contribution in [2.45, 2.75) is 46.1 Å². The van der Waals surface area contributed by atoms with Gasteiger partial charge in [0.2, 0.25) is 0 Å². The summed E-state index contributed by atoms with van der Waals surface area (Å²) in [7, 11) is 0. The van der Waals surface area contributed by atoms with E-state index in [-0.39, 0.29) is 23.7 Å². The predicted molar refractivity (Wildman–Crippen MR) is 104 cm³/mol. The first-order valence-electron chi connectivity index (χ1n) is 9.90. The van der Waals surface area contributed by atoms with Gasteiger partial charge in [0.15, 0.2) is 0 Å². The molecule has 0 saturated heterocycles. The summed E-state index contributed by atoms with van der Waals surface area (Å²) in [5.74, 6) is -0.142. The van der Waals surface area contributed by atoms with Crippen LogP contribution in [0.4, 0.5) is 4.39 Å². The lowest BCUT2D eigenvalue weighted by Gasteiger charge is -2.42. The van der Waals surface area contributed by atoms with Crippen LogP contribution in [0.5, 0.6) is 5.75 Å². The Morgan fingerprint density at radius 2 is 2.11 bits per heavy atom. The van der Waals surface area contributed by atoms with Gasteiger partial charge in [-0.2, -0.15) is 0 Å². The lowest BCUT2D eigenvalue weighted by molar-refractivity contribution is -0.137. The third-order valence-electron chi connectivity index (χ3n) is 5.66. The number of ether oxygens (including phenoxy) is 1. The molecule has 0 radical (unpaired) electrons. The molecule has 142 valence electrons. The minimum Gasteiger partial charge on any atom is -0.426 e. The van der Waals surface area contributed by atoms with Gasteiger partial charge in [-0.25, -0.2) is 4.39 Å². The molecule has 0 aromatic heterocycles. The molecule has 0 fully saturated rings. The van der Waals surface area contributed by atoms with E-state index in [9.17, 15) is 9.18 Å². The van der Waals surface area contributed by atoms with Crippen molar-refractivity contribution in [1.82, 2.24) is 4.90 Å². The van der Waals surface area contributed by atoms with Gasteiger partial charge < -0.3 is 4.74 Å². The normalized spacial score (nSPS) is 18.2. The van der Waals surface area contributed by atoms with Crippen molar-refractivity contribution >= 4 is 5.97 Å². The van der Waals surface area contributed by atoms with E-state index in [0.717, 1.165) is 54.6 Å². The zero-order valence-electron chi connectivity index (χ0n) is 16.2. The number of carbonyl (C=O) groups is 1. The highest BCUT2D eigenvalue weighted by atomic mass is 19.1. The van der Waals surface area contributed by atoms with Crippen molar-refractivity contribution in [1.29, 1.82) is 0 Å². The number of hydrogen-bond acceptors (Lipinski definition) is 3. The number of nitrogens with zero attached hydrogens (tertiary/aromatic N) is 1. The first kappa shape index (κ1) is 18.2. The van der Waals surface area contributed by atoms with Gasteiger partial charge in [0.1, 0.15) is 11.6 Å². The number of esters is 1. The second-order valence-corrected chi connectivity index (χ2v) is 7.90. The molecule has 4 rings (SSSR count). The van der Waals surface area contributed by atoms with Gasteiger partial charge >= 0.3 is 5.97 Å². The van der Waals surface area contributed by atoms with Gasteiger partial charge in [-0.1, -0.05) is 32.9 Å². The maximum absolute atomic E-state index is 14.4. The van der Waals surface area contributed by atoms with Gasteiger partial charge in [-0.3, -0.25) is 9.69 Å². The fraction of sp³-hybridized carbons (Fsp3) is 0.435. The first-order valence-corrected chi connectivity index (χ1v) is 9.90. The number of carbonyl (C=O) groups excluding carboxylic acids is 1. The van der Waals surface area contributed by atoms with Gasteiger partial charge in [-0.15, -0.1) is 0 Å². The molecule has 1 aliphatic carbocycles. The minimum atomic E-state index is -0.261. The van der Waals surface area contributed by atoms with Crippen LogP contribution in [-0.2, 0) is 17.6 Å². The van der Waals surface area contributed by atoms with Gasteiger partial charge in [-0.05, 0) is 66.3 Å². The van der Waals surface area contributed by atoms with Crippen molar-refractivity contribution in [2.75, 3.05) is 13.1 Å². The molecular formula is C23H26FNO2. The molecule has 1 heterocycles. The van der Waals surface area contributed by atoms with E-state index in [4.69, 9.17) is 4.74 Å². The molecular weight excluding hydrogens is 341 g/mol. The largest absolute Gasteiger partial charge is 0.426 e. The van der Waals surface area contributed by atoms with Crippen LogP contribution >= 0.6 is 0 Å². The van der Waals surface area contributed by atoms with Gasteiger partial charge in [0.05, 0.1) is 5.92 Å². The Kier molecular flexibility index (Phi) is 4.77. The van der Waals surface area contributed by atoms with E-state index < -0.39 is 0 Å². The summed E-state index contributed by atoms with van der Waals surface area (Å²) >= 11 is 0. The highest BCUT2D eigenvalue weighted by Gasteiger charge is 2.36. The van der Waals surface area contributed by atoms with E-state index in [2.05, 4.69) is 17.9 Å². The van der Waals surface area contributed by atoms with Crippen LogP contribution in [0, 0.1) is 11.7 Å². The summed E-state index contributed by atoms with van der Waals surface area (Å²) in [5.41, 5.74) is 5.22. The van der Waals surface area contributed by atoms with Crippen molar-refractivity contribution < 1.29 is 13.9 Å². The average molecular weight is 367 g/mol. The molecule has 0 saturated carbocycles. The molecule has 1 atom stereocenters. The number of halogens is 1. The fourth-order valence-electron chi connectivity index (χ4n) is 4.44. The van der Waals surface area contributed by atoms with Crippen LogP contribution in [0.3, 0.4) is 0 Å².